The Hall–Kier alpha value is -2.11. The highest BCUT2D eigenvalue weighted by atomic mass is 16.6. The number of nitro groups is 1. The molecular formula is C13H17N3O3. The molecule has 102 valence electrons. The van der Waals surface area contributed by atoms with Crippen LogP contribution < -0.4 is 11.1 Å². The van der Waals surface area contributed by atoms with Crippen LogP contribution >= 0.6 is 0 Å². The average molecular weight is 263 g/mol. The van der Waals surface area contributed by atoms with Gasteiger partial charge >= 0.3 is 5.69 Å². The molecule has 0 spiro atoms. The number of amides is 1. The molecule has 6 heteroatoms. The minimum absolute atomic E-state index is 0.00174. The highest BCUT2D eigenvalue weighted by Gasteiger charge is 2.39. The van der Waals surface area contributed by atoms with Gasteiger partial charge in [0.1, 0.15) is 11.3 Å². The highest BCUT2D eigenvalue weighted by Crippen LogP contribution is 2.39. The van der Waals surface area contributed by atoms with Crippen molar-refractivity contribution in [1.29, 1.82) is 0 Å². The van der Waals surface area contributed by atoms with E-state index in [4.69, 9.17) is 5.73 Å². The fraction of sp³-hybridized carbons (Fsp3) is 0.462. The molecule has 0 heterocycles. The lowest BCUT2D eigenvalue weighted by Crippen LogP contribution is -2.45. The highest BCUT2D eigenvalue weighted by molar-refractivity contribution is 6.00. The molecule has 0 atom stereocenters. The molecule has 0 saturated heterocycles. The molecule has 0 bridgehead atoms. The molecule has 1 aromatic carbocycles. The number of nitrogen functional groups attached to an aromatic ring is 1. The van der Waals surface area contributed by atoms with Crippen LogP contribution in [0.3, 0.4) is 0 Å². The van der Waals surface area contributed by atoms with Gasteiger partial charge in [-0.15, -0.1) is 0 Å². The van der Waals surface area contributed by atoms with E-state index in [0.29, 0.717) is 5.92 Å². The number of carbonyl (C=O) groups excluding carboxylic acids is 1. The smallest absolute Gasteiger partial charge is 0.304 e. The Bertz CT molecular complexity index is 536. The largest absolute Gasteiger partial charge is 0.393 e. The maximum atomic E-state index is 12.2. The van der Waals surface area contributed by atoms with Gasteiger partial charge in [0.15, 0.2) is 0 Å². The predicted octanol–water partition coefficient (Wildman–Crippen LogP) is 2.10. The van der Waals surface area contributed by atoms with Gasteiger partial charge in [-0.1, -0.05) is 6.07 Å². The number of rotatable bonds is 4. The summed E-state index contributed by atoms with van der Waals surface area (Å²) in [6.07, 6.45) is 2.15. The van der Waals surface area contributed by atoms with Crippen molar-refractivity contribution >= 4 is 17.3 Å². The van der Waals surface area contributed by atoms with Crippen LogP contribution in [0.1, 0.15) is 37.0 Å². The van der Waals surface area contributed by atoms with E-state index in [1.54, 1.807) is 6.07 Å². The maximum absolute atomic E-state index is 12.2. The standard InChI is InChI=1S/C13H17N3O3/c1-13(2,8-6-7-8)15-12(17)9-4-3-5-10(14)11(9)16(18)19/h3-5,8H,6-7,14H2,1-2H3,(H,15,17). The monoisotopic (exact) mass is 263 g/mol. The molecule has 0 aromatic heterocycles. The predicted molar refractivity (Wildman–Crippen MR) is 71.8 cm³/mol. The van der Waals surface area contributed by atoms with Crippen LogP contribution in [0.2, 0.25) is 0 Å². The zero-order valence-electron chi connectivity index (χ0n) is 11.0. The molecule has 6 nitrogen and oxygen atoms in total. The van der Waals surface area contributed by atoms with E-state index in [2.05, 4.69) is 5.32 Å². The van der Waals surface area contributed by atoms with Crippen molar-refractivity contribution < 1.29 is 9.72 Å². The molecule has 0 unspecified atom stereocenters. The van der Waals surface area contributed by atoms with Gasteiger partial charge in [0.25, 0.3) is 5.91 Å². The van der Waals surface area contributed by atoms with Gasteiger partial charge in [0.05, 0.1) is 4.92 Å². The van der Waals surface area contributed by atoms with Gasteiger partial charge in [-0.2, -0.15) is 0 Å². The molecule has 1 fully saturated rings. The normalized spacial score (nSPS) is 15.1. The van der Waals surface area contributed by atoms with Crippen molar-refractivity contribution in [3.63, 3.8) is 0 Å². The molecule has 2 rings (SSSR count). The third-order valence-electron chi connectivity index (χ3n) is 3.53. The lowest BCUT2D eigenvalue weighted by molar-refractivity contribution is -0.384. The minimum atomic E-state index is -0.617. The zero-order chi connectivity index (χ0) is 14.2. The zero-order valence-corrected chi connectivity index (χ0v) is 11.0. The molecular weight excluding hydrogens is 246 g/mol. The molecule has 1 aliphatic carbocycles. The lowest BCUT2D eigenvalue weighted by Gasteiger charge is -2.26. The quantitative estimate of drug-likeness (QED) is 0.493. The van der Waals surface area contributed by atoms with Crippen LogP contribution in [0.5, 0.6) is 0 Å². The number of hydrogen-bond donors (Lipinski definition) is 2. The second kappa shape index (κ2) is 4.53. The van der Waals surface area contributed by atoms with Gasteiger partial charge in [-0.05, 0) is 44.7 Å². The van der Waals surface area contributed by atoms with E-state index in [0.717, 1.165) is 12.8 Å². The molecule has 0 aliphatic heterocycles. The molecule has 1 saturated carbocycles. The molecule has 19 heavy (non-hydrogen) atoms. The van der Waals surface area contributed by atoms with Crippen molar-refractivity contribution in [1.82, 2.24) is 5.32 Å². The van der Waals surface area contributed by atoms with E-state index in [1.165, 1.54) is 12.1 Å². The maximum Gasteiger partial charge on any atom is 0.304 e. The number of nitrogens with two attached hydrogens (primary N) is 1. The Balaban J connectivity index is 2.29. The summed E-state index contributed by atoms with van der Waals surface area (Å²) in [6, 6.07) is 4.38. The second-order valence-corrected chi connectivity index (χ2v) is 5.45. The average Bonchev–Trinajstić information content (AvgIpc) is 3.11. The van der Waals surface area contributed by atoms with Crippen molar-refractivity contribution in [3.05, 3.63) is 33.9 Å². The summed E-state index contributed by atoms with van der Waals surface area (Å²) in [5.41, 5.74) is 4.91. The molecule has 1 aliphatic rings. The summed E-state index contributed by atoms with van der Waals surface area (Å²) >= 11 is 0. The first-order valence-electron chi connectivity index (χ1n) is 6.18. The van der Waals surface area contributed by atoms with Crippen molar-refractivity contribution in [2.75, 3.05) is 5.73 Å². The van der Waals surface area contributed by atoms with Crippen molar-refractivity contribution in [3.8, 4) is 0 Å². The fourth-order valence-electron chi connectivity index (χ4n) is 2.22. The Kier molecular flexibility index (Phi) is 3.18. The van der Waals surface area contributed by atoms with E-state index in [1.807, 2.05) is 13.8 Å². The Morgan fingerprint density at radius 1 is 1.47 bits per heavy atom. The number of carbonyl (C=O) groups is 1. The summed E-state index contributed by atoms with van der Waals surface area (Å²) in [5, 5.41) is 13.9. The molecule has 1 aromatic rings. The van der Waals surface area contributed by atoms with Crippen LogP contribution in [0, 0.1) is 16.0 Å². The van der Waals surface area contributed by atoms with E-state index < -0.39 is 10.8 Å². The summed E-state index contributed by atoms with van der Waals surface area (Å²) < 4.78 is 0. The van der Waals surface area contributed by atoms with Crippen LogP contribution in [0.4, 0.5) is 11.4 Å². The second-order valence-electron chi connectivity index (χ2n) is 5.45. The molecule has 0 radical (unpaired) electrons. The minimum Gasteiger partial charge on any atom is -0.393 e. The third kappa shape index (κ3) is 2.67. The summed E-state index contributed by atoms with van der Waals surface area (Å²) in [7, 11) is 0. The van der Waals surface area contributed by atoms with Crippen LogP contribution in [-0.4, -0.2) is 16.4 Å². The van der Waals surface area contributed by atoms with E-state index >= 15 is 0 Å². The topological polar surface area (TPSA) is 98.3 Å². The summed E-state index contributed by atoms with van der Waals surface area (Å²) in [4.78, 5) is 22.6. The van der Waals surface area contributed by atoms with Crippen molar-refractivity contribution in [2.45, 2.75) is 32.2 Å². The number of benzene rings is 1. The summed E-state index contributed by atoms with van der Waals surface area (Å²) in [5.74, 6) is -0.00698. The van der Waals surface area contributed by atoms with Crippen molar-refractivity contribution in [2.24, 2.45) is 5.92 Å². The number of para-hydroxylation sites is 1. The Morgan fingerprint density at radius 2 is 2.11 bits per heavy atom. The number of nitrogens with zero attached hydrogens (tertiary/aromatic N) is 1. The SMILES string of the molecule is CC(C)(NC(=O)c1cccc(N)c1[N+](=O)[O-])C1CC1. The number of hydrogen-bond acceptors (Lipinski definition) is 4. The fourth-order valence-corrected chi connectivity index (χ4v) is 2.22. The first kappa shape index (κ1) is 13.3. The van der Waals surface area contributed by atoms with Gasteiger partial charge in [-0.3, -0.25) is 14.9 Å². The van der Waals surface area contributed by atoms with Crippen LogP contribution in [-0.2, 0) is 0 Å². The van der Waals surface area contributed by atoms with Gasteiger partial charge in [0.2, 0.25) is 0 Å². The van der Waals surface area contributed by atoms with Gasteiger partial charge in [0, 0.05) is 5.54 Å². The van der Waals surface area contributed by atoms with Crippen LogP contribution in [0.15, 0.2) is 18.2 Å². The molecule has 1 amide bonds. The van der Waals surface area contributed by atoms with Gasteiger partial charge in [-0.25, -0.2) is 0 Å². The molecule has 3 N–H and O–H groups in total. The van der Waals surface area contributed by atoms with E-state index in [9.17, 15) is 14.9 Å². The van der Waals surface area contributed by atoms with Gasteiger partial charge < -0.3 is 11.1 Å². The Morgan fingerprint density at radius 3 is 2.63 bits per heavy atom. The number of nitro benzene ring substituents is 1. The first-order chi connectivity index (χ1) is 8.83. The first-order valence-corrected chi connectivity index (χ1v) is 6.18. The summed E-state index contributed by atoms with van der Waals surface area (Å²) in [6.45, 7) is 3.86. The Labute approximate surface area is 111 Å². The third-order valence-corrected chi connectivity index (χ3v) is 3.53. The lowest BCUT2D eigenvalue weighted by atomic mass is 9.98. The van der Waals surface area contributed by atoms with Crippen LogP contribution in [0.25, 0.3) is 0 Å². The number of anilines is 1. The number of nitrogens with one attached hydrogen (secondary N) is 1. The van der Waals surface area contributed by atoms with E-state index in [-0.39, 0.29) is 22.5 Å².